The molecule has 1 atom stereocenters. The van der Waals surface area contributed by atoms with E-state index in [0.29, 0.717) is 44.1 Å². The van der Waals surface area contributed by atoms with E-state index in [4.69, 9.17) is 22.3 Å². The summed E-state index contributed by atoms with van der Waals surface area (Å²) in [7, 11) is 1.71. The topological polar surface area (TPSA) is 104 Å². The van der Waals surface area contributed by atoms with E-state index in [2.05, 4.69) is 15.5 Å². The fourth-order valence-electron chi connectivity index (χ4n) is 5.81. The minimum Gasteiger partial charge on any atom is -0.382 e. The summed E-state index contributed by atoms with van der Waals surface area (Å²) in [6, 6.07) is 10.3. The van der Waals surface area contributed by atoms with Crippen molar-refractivity contribution in [3.8, 4) is 11.1 Å². The molecule has 1 aliphatic carbocycles. The number of nitrogens with two attached hydrogens (primary N) is 1. The summed E-state index contributed by atoms with van der Waals surface area (Å²) in [5.74, 6) is -1.88. The second-order valence-corrected chi connectivity index (χ2v) is 11.9. The molecule has 1 fully saturated rings. The number of carbonyl (C=O) groups excluding carboxylic acids is 1. The molecule has 3 aromatic heterocycles. The third-order valence-corrected chi connectivity index (χ3v) is 8.31. The molecule has 0 aliphatic heterocycles. The monoisotopic (exact) mass is 657 g/mol. The normalized spacial score (nSPS) is 14.2. The minimum absolute atomic E-state index is 0.0291. The van der Waals surface area contributed by atoms with E-state index < -0.39 is 35.5 Å². The summed E-state index contributed by atoms with van der Waals surface area (Å²) in [6.45, 7) is 1.68. The van der Waals surface area contributed by atoms with Crippen molar-refractivity contribution in [2.24, 2.45) is 7.05 Å². The molecule has 0 saturated heterocycles. The average Bonchev–Trinajstić information content (AvgIpc) is 3.64. The number of aryl methyl sites for hydroxylation is 3. The molecule has 0 spiro atoms. The maximum Gasteiger partial charge on any atom is 0.435 e. The summed E-state index contributed by atoms with van der Waals surface area (Å²) in [4.78, 5) is 18.2. The SMILES string of the molecule is Cc1ccc(-c2ccc(Cl)c3c(N)nn(C)c23)c([C@H](Cc2cc(F)cc(F)c2)NC(=O)CCn2nc(C(F)(F)F)cc2C2CC2)n1. The number of nitrogens with zero attached hydrogens (tertiary/aromatic N) is 5. The molecule has 3 heterocycles. The van der Waals surface area contributed by atoms with E-state index in [0.717, 1.165) is 25.0 Å². The predicted octanol–water partition coefficient (Wildman–Crippen LogP) is 7.04. The zero-order valence-corrected chi connectivity index (χ0v) is 25.6. The first-order valence-corrected chi connectivity index (χ1v) is 14.9. The number of benzene rings is 2. The first-order chi connectivity index (χ1) is 21.8. The average molecular weight is 658 g/mol. The highest BCUT2D eigenvalue weighted by Gasteiger charge is 2.38. The van der Waals surface area contributed by atoms with E-state index in [-0.39, 0.29) is 36.7 Å². The van der Waals surface area contributed by atoms with Crippen LogP contribution in [0.25, 0.3) is 22.0 Å². The van der Waals surface area contributed by atoms with Gasteiger partial charge in [-0.2, -0.15) is 23.4 Å². The number of nitrogens with one attached hydrogen (secondary N) is 1. The van der Waals surface area contributed by atoms with Crippen molar-refractivity contribution in [2.75, 3.05) is 5.73 Å². The third kappa shape index (κ3) is 6.41. The van der Waals surface area contributed by atoms with Crippen LogP contribution in [0.15, 0.2) is 48.5 Å². The molecule has 6 rings (SSSR count). The molecule has 0 bridgehead atoms. The molecule has 1 saturated carbocycles. The number of fused-ring (bicyclic) bond motifs is 1. The van der Waals surface area contributed by atoms with Gasteiger partial charge < -0.3 is 11.1 Å². The number of anilines is 1. The van der Waals surface area contributed by atoms with Gasteiger partial charge in [-0.25, -0.2) is 8.78 Å². The highest BCUT2D eigenvalue weighted by molar-refractivity contribution is 6.37. The van der Waals surface area contributed by atoms with Crippen LogP contribution in [0.2, 0.25) is 5.02 Å². The Morgan fingerprint density at radius 2 is 1.76 bits per heavy atom. The molecule has 0 radical (unpaired) electrons. The van der Waals surface area contributed by atoms with Crippen LogP contribution in [0.4, 0.5) is 27.8 Å². The Kier molecular flexibility index (Phi) is 8.21. The molecular weight excluding hydrogens is 629 g/mol. The summed E-state index contributed by atoms with van der Waals surface area (Å²) < 4.78 is 71.5. The van der Waals surface area contributed by atoms with E-state index >= 15 is 0 Å². The zero-order valence-electron chi connectivity index (χ0n) is 24.8. The van der Waals surface area contributed by atoms with Crippen LogP contribution in [0.5, 0.6) is 0 Å². The lowest BCUT2D eigenvalue weighted by molar-refractivity contribution is -0.141. The van der Waals surface area contributed by atoms with E-state index in [9.17, 15) is 26.7 Å². The van der Waals surface area contributed by atoms with Crippen molar-refractivity contribution >= 4 is 34.2 Å². The molecule has 8 nitrogen and oxygen atoms in total. The number of amides is 1. The molecule has 2 aromatic carbocycles. The number of nitrogen functional groups attached to an aromatic ring is 1. The molecule has 1 aliphatic rings. The van der Waals surface area contributed by atoms with Crippen LogP contribution in [-0.2, 0) is 31.0 Å². The van der Waals surface area contributed by atoms with E-state index in [1.165, 1.54) is 16.8 Å². The van der Waals surface area contributed by atoms with E-state index in [1.807, 2.05) is 6.07 Å². The number of hydrogen-bond acceptors (Lipinski definition) is 5. The van der Waals surface area contributed by atoms with Crippen molar-refractivity contribution in [1.82, 2.24) is 29.9 Å². The molecule has 46 heavy (non-hydrogen) atoms. The first-order valence-electron chi connectivity index (χ1n) is 14.6. The van der Waals surface area contributed by atoms with Gasteiger partial charge in [0, 0.05) is 54.5 Å². The van der Waals surface area contributed by atoms with Crippen molar-refractivity contribution in [3.05, 3.63) is 93.5 Å². The van der Waals surface area contributed by atoms with Crippen molar-refractivity contribution < 1.29 is 26.7 Å². The number of rotatable bonds is 9. The quantitative estimate of drug-likeness (QED) is 0.166. The minimum atomic E-state index is -4.61. The standard InChI is InChI=1S/C32H29ClF5N7O/c1-16-3-6-21(22-7-8-23(33)28-30(22)44(2)43-31(28)39)29(40-16)24(13-17-11-19(34)14-20(35)12-17)41-27(46)9-10-45-25(18-4-5-18)15-26(42-45)32(36,37)38/h3,6-8,11-12,14-15,18,24H,4-5,9-10,13H2,1-2H3,(H2,39,43)(H,41,46)/t24-/m0/s1. The highest BCUT2D eigenvalue weighted by Crippen LogP contribution is 2.42. The fourth-order valence-corrected chi connectivity index (χ4v) is 6.06. The summed E-state index contributed by atoms with van der Waals surface area (Å²) in [6.07, 6.45) is -3.34. The Balaban J connectivity index is 1.37. The Hall–Kier alpha value is -4.52. The number of hydrogen-bond donors (Lipinski definition) is 2. The van der Waals surface area contributed by atoms with Crippen molar-refractivity contribution in [2.45, 2.75) is 57.3 Å². The Morgan fingerprint density at radius 3 is 2.43 bits per heavy atom. The lowest BCUT2D eigenvalue weighted by atomic mass is 9.93. The lowest BCUT2D eigenvalue weighted by Gasteiger charge is -2.23. The van der Waals surface area contributed by atoms with Gasteiger partial charge in [-0.1, -0.05) is 23.7 Å². The van der Waals surface area contributed by atoms with Gasteiger partial charge in [-0.15, -0.1) is 0 Å². The molecule has 5 aromatic rings. The molecular formula is C32H29ClF5N7O. The molecule has 0 unspecified atom stereocenters. The van der Waals surface area contributed by atoms with Gasteiger partial charge in [0.2, 0.25) is 5.91 Å². The Labute approximate surface area is 265 Å². The molecule has 1 amide bonds. The summed E-state index contributed by atoms with van der Waals surface area (Å²) in [5, 5.41) is 11.9. The summed E-state index contributed by atoms with van der Waals surface area (Å²) >= 11 is 6.47. The number of halogens is 6. The zero-order chi connectivity index (χ0) is 32.9. The van der Waals surface area contributed by atoms with Crippen LogP contribution in [0, 0.1) is 18.6 Å². The van der Waals surface area contributed by atoms with Gasteiger partial charge in [-0.3, -0.25) is 19.1 Å². The number of pyridine rings is 1. The fraction of sp³-hybridized carbons (Fsp3) is 0.312. The number of alkyl halides is 3. The molecule has 240 valence electrons. The van der Waals surface area contributed by atoms with Gasteiger partial charge >= 0.3 is 6.18 Å². The molecule has 3 N–H and O–H groups in total. The van der Waals surface area contributed by atoms with E-state index in [1.54, 1.807) is 36.9 Å². The number of aromatic nitrogens is 5. The van der Waals surface area contributed by atoms with Gasteiger partial charge in [0.05, 0.1) is 27.7 Å². The van der Waals surface area contributed by atoms with Crippen LogP contribution >= 0.6 is 11.6 Å². The smallest absolute Gasteiger partial charge is 0.382 e. The van der Waals surface area contributed by atoms with Crippen LogP contribution in [0.1, 0.15) is 59.6 Å². The maximum absolute atomic E-state index is 14.2. The second kappa shape index (κ2) is 12.0. The summed E-state index contributed by atoms with van der Waals surface area (Å²) in [5.41, 5.74) is 8.74. The van der Waals surface area contributed by atoms with Crippen molar-refractivity contribution in [1.29, 1.82) is 0 Å². The molecule has 14 heteroatoms. The third-order valence-electron chi connectivity index (χ3n) is 7.99. The van der Waals surface area contributed by atoms with Crippen molar-refractivity contribution in [3.63, 3.8) is 0 Å². The first kappa shape index (κ1) is 31.5. The maximum atomic E-state index is 14.2. The highest BCUT2D eigenvalue weighted by atomic mass is 35.5. The van der Waals surface area contributed by atoms with Gasteiger partial charge in [-0.05, 0) is 62.1 Å². The van der Waals surface area contributed by atoms with Crippen LogP contribution in [0.3, 0.4) is 0 Å². The largest absolute Gasteiger partial charge is 0.435 e. The van der Waals surface area contributed by atoms with Gasteiger partial charge in [0.1, 0.15) is 11.6 Å². The van der Waals surface area contributed by atoms with Crippen LogP contribution < -0.4 is 11.1 Å². The Bertz CT molecular complexity index is 1940. The van der Waals surface area contributed by atoms with Gasteiger partial charge in [0.15, 0.2) is 11.5 Å². The second-order valence-electron chi connectivity index (χ2n) is 11.5. The lowest BCUT2D eigenvalue weighted by Crippen LogP contribution is -2.32. The Morgan fingerprint density at radius 1 is 1.07 bits per heavy atom. The van der Waals surface area contributed by atoms with Crippen LogP contribution in [-0.4, -0.2) is 30.5 Å². The predicted molar refractivity (Wildman–Crippen MR) is 163 cm³/mol. The van der Waals surface area contributed by atoms with Gasteiger partial charge in [0.25, 0.3) is 0 Å². The number of carbonyl (C=O) groups is 1.